The van der Waals surface area contributed by atoms with Crippen molar-refractivity contribution < 1.29 is 9.18 Å². The van der Waals surface area contributed by atoms with Gasteiger partial charge in [0, 0.05) is 19.7 Å². The largest absolute Gasteiger partial charge is 0.344 e. The van der Waals surface area contributed by atoms with Gasteiger partial charge >= 0.3 is 0 Å². The molecule has 7 heteroatoms. The van der Waals surface area contributed by atoms with Crippen LogP contribution in [0.3, 0.4) is 0 Å². The minimum absolute atomic E-state index is 0.00831. The van der Waals surface area contributed by atoms with Gasteiger partial charge in [0.1, 0.15) is 17.7 Å². The number of alkyl halides is 1. The Morgan fingerprint density at radius 1 is 1.50 bits per heavy atom. The first-order valence-electron chi connectivity index (χ1n) is 6.19. The lowest BCUT2D eigenvalue weighted by Gasteiger charge is -2.15. The fourth-order valence-corrected chi connectivity index (χ4v) is 2.97. The molecular weight excluding hydrogens is 304 g/mol. The van der Waals surface area contributed by atoms with Crippen molar-refractivity contribution in [3.05, 3.63) is 28.8 Å². The molecule has 1 aromatic heterocycles. The summed E-state index contributed by atoms with van der Waals surface area (Å²) < 4.78 is 15.4. The zero-order valence-corrected chi connectivity index (χ0v) is 12.2. The molecule has 2 heterocycles. The van der Waals surface area contributed by atoms with E-state index in [4.69, 9.17) is 23.2 Å². The molecule has 0 N–H and O–H groups in total. The second-order valence-electron chi connectivity index (χ2n) is 4.85. The van der Waals surface area contributed by atoms with E-state index in [0.717, 1.165) is 0 Å². The average molecular weight is 316 g/mol. The van der Waals surface area contributed by atoms with Crippen LogP contribution in [-0.4, -0.2) is 34.0 Å². The maximum absolute atomic E-state index is 13.7. The predicted octanol–water partition coefficient (Wildman–Crippen LogP) is 2.97. The normalized spacial score (nSPS) is 19.3. The van der Waals surface area contributed by atoms with Crippen LogP contribution in [0.5, 0.6) is 0 Å². The third-order valence-electron chi connectivity index (χ3n) is 3.64. The van der Waals surface area contributed by atoms with Crippen LogP contribution in [0.15, 0.2) is 12.1 Å². The highest BCUT2D eigenvalue weighted by atomic mass is 35.5. The van der Waals surface area contributed by atoms with Gasteiger partial charge < -0.3 is 9.47 Å². The van der Waals surface area contributed by atoms with Crippen molar-refractivity contribution in [2.75, 3.05) is 13.6 Å². The van der Waals surface area contributed by atoms with Crippen LogP contribution in [0.2, 0.25) is 5.02 Å². The zero-order valence-electron chi connectivity index (χ0n) is 10.7. The van der Waals surface area contributed by atoms with E-state index in [2.05, 4.69) is 4.98 Å². The SMILES string of the molecule is CN1CCC(n2c(CCl)nc3cc(Cl)c(F)cc32)C1=O. The molecule has 0 bridgehead atoms. The van der Waals surface area contributed by atoms with Crippen LogP contribution in [-0.2, 0) is 10.7 Å². The smallest absolute Gasteiger partial charge is 0.245 e. The first-order chi connectivity index (χ1) is 9.52. The number of likely N-dealkylation sites (tertiary alicyclic amines) is 1. The Kier molecular flexibility index (Phi) is 3.34. The molecule has 0 spiro atoms. The maximum atomic E-state index is 13.7. The number of rotatable bonds is 2. The van der Waals surface area contributed by atoms with Gasteiger partial charge in [-0.25, -0.2) is 9.37 Å². The first kappa shape index (κ1) is 13.6. The quantitative estimate of drug-likeness (QED) is 0.799. The molecule has 1 aromatic carbocycles. The molecule has 0 saturated carbocycles. The zero-order chi connectivity index (χ0) is 14.4. The highest BCUT2D eigenvalue weighted by molar-refractivity contribution is 6.31. The van der Waals surface area contributed by atoms with Gasteiger partial charge in [-0.05, 0) is 12.5 Å². The Bertz CT molecular complexity index is 700. The summed E-state index contributed by atoms with van der Waals surface area (Å²) >= 11 is 11.7. The molecule has 1 aliphatic rings. The van der Waals surface area contributed by atoms with E-state index in [1.807, 2.05) is 0 Å². The molecule has 3 rings (SSSR count). The number of likely N-dealkylation sites (N-methyl/N-ethyl adjacent to an activating group) is 1. The lowest BCUT2D eigenvalue weighted by Crippen LogP contribution is -2.25. The van der Waals surface area contributed by atoms with Gasteiger partial charge in [0.2, 0.25) is 5.91 Å². The minimum atomic E-state index is -0.528. The molecule has 1 saturated heterocycles. The Morgan fingerprint density at radius 3 is 2.85 bits per heavy atom. The monoisotopic (exact) mass is 315 g/mol. The number of carbonyl (C=O) groups is 1. The summed E-state index contributed by atoms with van der Waals surface area (Å²) in [6, 6.07) is 2.40. The van der Waals surface area contributed by atoms with Gasteiger partial charge in [-0.1, -0.05) is 11.6 Å². The third-order valence-corrected chi connectivity index (χ3v) is 4.16. The maximum Gasteiger partial charge on any atom is 0.245 e. The average Bonchev–Trinajstić information content (AvgIpc) is 2.92. The Morgan fingerprint density at radius 2 is 2.25 bits per heavy atom. The number of benzene rings is 1. The topological polar surface area (TPSA) is 38.1 Å². The van der Waals surface area contributed by atoms with E-state index in [1.54, 1.807) is 16.5 Å². The molecule has 1 amide bonds. The van der Waals surface area contributed by atoms with E-state index in [9.17, 15) is 9.18 Å². The van der Waals surface area contributed by atoms with E-state index < -0.39 is 5.82 Å². The second kappa shape index (κ2) is 4.90. The second-order valence-corrected chi connectivity index (χ2v) is 5.53. The van der Waals surface area contributed by atoms with Gasteiger partial charge in [-0.3, -0.25) is 4.79 Å². The fraction of sp³-hybridized carbons (Fsp3) is 0.385. The Labute approximate surface area is 125 Å². The lowest BCUT2D eigenvalue weighted by molar-refractivity contribution is -0.129. The number of aromatic nitrogens is 2. The molecule has 4 nitrogen and oxygen atoms in total. The number of nitrogens with zero attached hydrogens (tertiary/aromatic N) is 3. The van der Waals surface area contributed by atoms with Crippen LogP contribution >= 0.6 is 23.2 Å². The Hall–Kier alpha value is -1.33. The van der Waals surface area contributed by atoms with E-state index in [1.165, 1.54) is 12.1 Å². The van der Waals surface area contributed by atoms with Crippen molar-refractivity contribution in [1.82, 2.24) is 14.5 Å². The molecule has 1 unspecified atom stereocenters. The van der Waals surface area contributed by atoms with Gasteiger partial charge in [0.15, 0.2) is 0 Å². The molecule has 1 atom stereocenters. The first-order valence-corrected chi connectivity index (χ1v) is 7.11. The van der Waals surface area contributed by atoms with Crippen molar-refractivity contribution in [1.29, 1.82) is 0 Å². The van der Waals surface area contributed by atoms with Crippen molar-refractivity contribution in [3.8, 4) is 0 Å². The van der Waals surface area contributed by atoms with Gasteiger partial charge in [0.25, 0.3) is 0 Å². The number of hydrogen-bond acceptors (Lipinski definition) is 2. The summed E-state index contributed by atoms with van der Waals surface area (Å²) in [6.07, 6.45) is 0.662. The summed E-state index contributed by atoms with van der Waals surface area (Å²) in [5, 5.41) is 0.0122. The predicted molar refractivity (Wildman–Crippen MR) is 75.5 cm³/mol. The van der Waals surface area contributed by atoms with E-state index in [-0.39, 0.29) is 22.9 Å². The Balaban J connectivity index is 2.23. The fourth-order valence-electron chi connectivity index (χ4n) is 2.63. The van der Waals surface area contributed by atoms with Crippen LogP contribution in [0.25, 0.3) is 11.0 Å². The molecule has 20 heavy (non-hydrogen) atoms. The number of hydrogen-bond donors (Lipinski definition) is 0. The van der Waals surface area contributed by atoms with Crippen LogP contribution in [0.4, 0.5) is 4.39 Å². The highest BCUT2D eigenvalue weighted by Crippen LogP contribution is 2.31. The summed E-state index contributed by atoms with van der Waals surface area (Å²) in [7, 11) is 1.75. The van der Waals surface area contributed by atoms with Crippen molar-refractivity contribution in [2.45, 2.75) is 18.3 Å². The van der Waals surface area contributed by atoms with Gasteiger partial charge in [0.05, 0.1) is 21.9 Å². The number of fused-ring (bicyclic) bond motifs is 1. The van der Waals surface area contributed by atoms with Gasteiger partial charge in [-0.15, -0.1) is 11.6 Å². The molecule has 2 aromatic rings. The molecule has 0 aliphatic carbocycles. The van der Waals surface area contributed by atoms with Crippen LogP contribution < -0.4 is 0 Å². The third kappa shape index (κ3) is 1.96. The van der Waals surface area contributed by atoms with E-state index in [0.29, 0.717) is 29.8 Å². The summed E-state index contributed by atoms with van der Waals surface area (Å²) in [5.74, 6) is 0.171. The van der Waals surface area contributed by atoms with Crippen molar-refractivity contribution in [3.63, 3.8) is 0 Å². The molecule has 0 radical (unpaired) electrons. The number of halogens is 3. The summed E-state index contributed by atoms with van der Waals surface area (Å²) in [5.41, 5.74) is 1.10. The molecule has 106 valence electrons. The lowest BCUT2D eigenvalue weighted by atomic mass is 10.2. The highest BCUT2D eigenvalue weighted by Gasteiger charge is 2.33. The van der Waals surface area contributed by atoms with Crippen LogP contribution in [0.1, 0.15) is 18.3 Å². The van der Waals surface area contributed by atoms with Gasteiger partial charge in [-0.2, -0.15) is 0 Å². The standard InChI is InChI=1S/C13H12Cl2FN3O/c1-18-3-2-10(13(18)20)19-11-5-8(16)7(15)4-9(11)17-12(19)6-14/h4-5,10H,2-3,6H2,1H3. The number of amides is 1. The van der Waals surface area contributed by atoms with E-state index >= 15 is 0 Å². The van der Waals surface area contributed by atoms with Crippen molar-refractivity contribution >= 4 is 40.1 Å². The van der Waals surface area contributed by atoms with Crippen LogP contribution in [0, 0.1) is 5.82 Å². The molecule has 1 fully saturated rings. The summed E-state index contributed by atoms with van der Waals surface area (Å²) in [6.45, 7) is 0.668. The number of imidazole rings is 1. The molecule has 1 aliphatic heterocycles. The van der Waals surface area contributed by atoms with Crippen molar-refractivity contribution in [2.24, 2.45) is 0 Å². The molecular formula is C13H12Cl2FN3O. The number of carbonyl (C=O) groups excluding carboxylic acids is 1. The minimum Gasteiger partial charge on any atom is -0.344 e. The summed E-state index contributed by atoms with van der Waals surface area (Å²) in [4.78, 5) is 18.2.